The molecule has 4 nitrogen and oxygen atoms in total. The van der Waals surface area contributed by atoms with Crippen LogP contribution in [-0.2, 0) is 0 Å². The van der Waals surface area contributed by atoms with Crippen molar-refractivity contribution in [3.63, 3.8) is 0 Å². The quantitative estimate of drug-likeness (QED) is 0.792. The first-order valence-corrected chi connectivity index (χ1v) is 7.25. The number of nitrogens with zero attached hydrogens (tertiary/aromatic N) is 3. The first kappa shape index (κ1) is 13.6. The molecule has 3 rings (SSSR count). The summed E-state index contributed by atoms with van der Waals surface area (Å²) in [5.74, 6) is 1.02. The third-order valence-corrected chi connectivity index (χ3v) is 3.64. The molecule has 0 unspecified atom stereocenters. The van der Waals surface area contributed by atoms with Gasteiger partial charge in [-0.3, -0.25) is 0 Å². The van der Waals surface area contributed by atoms with Crippen LogP contribution in [-0.4, -0.2) is 20.6 Å². The minimum atomic E-state index is 0.345. The molecule has 108 valence electrons. The van der Waals surface area contributed by atoms with Crippen LogP contribution in [0.25, 0.3) is 16.8 Å². The van der Waals surface area contributed by atoms with Gasteiger partial charge in [0.15, 0.2) is 5.65 Å². The number of hydrogen-bond acceptors (Lipinski definition) is 3. The Balaban J connectivity index is 2.26. The van der Waals surface area contributed by atoms with Crippen molar-refractivity contribution in [1.82, 2.24) is 14.6 Å². The summed E-state index contributed by atoms with van der Waals surface area (Å²) >= 11 is 0. The van der Waals surface area contributed by atoms with E-state index in [-0.39, 0.29) is 0 Å². The van der Waals surface area contributed by atoms with Crippen molar-refractivity contribution in [3.05, 3.63) is 47.8 Å². The topological polar surface area (TPSA) is 42.2 Å². The van der Waals surface area contributed by atoms with Gasteiger partial charge in [0, 0.05) is 22.9 Å². The highest BCUT2D eigenvalue weighted by Gasteiger charge is 2.15. The third kappa shape index (κ3) is 2.37. The predicted molar refractivity (Wildman–Crippen MR) is 86.7 cm³/mol. The van der Waals surface area contributed by atoms with Crippen LogP contribution in [0.15, 0.2) is 36.5 Å². The first-order valence-electron chi connectivity index (χ1n) is 7.25. The van der Waals surface area contributed by atoms with Gasteiger partial charge in [-0.05, 0) is 33.3 Å². The summed E-state index contributed by atoms with van der Waals surface area (Å²) in [6.45, 7) is 8.38. The average Bonchev–Trinajstić information content (AvgIpc) is 2.88. The van der Waals surface area contributed by atoms with Gasteiger partial charge in [-0.15, -0.1) is 0 Å². The normalized spacial score (nSPS) is 11.3. The van der Waals surface area contributed by atoms with Crippen molar-refractivity contribution in [2.45, 2.75) is 33.7 Å². The van der Waals surface area contributed by atoms with E-state index in [2.05, 4.69) is 43.3 Å². The van der Waals surface area contributed by atoms with Crippen molar-refractivity contribution >= 4 is 11.5 Å². The van der Waals surface area contributed by atoms with Gasteiger partial charge in [-0.25, -0.2) is 4.98 Å². The van der Waals surface area contributed by atoms with E-state index < -0.39 is 0 Å². The Bertz CT molecular complexity index is 772. The monoisotopic (exact) mass is 280 g/mol. The third-order valence-electron chi connectivity index (χ3n) is 3.64. The second kappa shape index (κ2) is 5.20. The fourth-order valence-corrected chi connectivity index (χ4v) is 2.45. The van der Waals surface area contributed by atoms with Gasteiger partial charge in [0.2, 0.25) is 0 Å². The standard InChI is InChI=1S/C17H20N4/c1-11(2)19-16-12(3)13(4)20-17-15(10-18-21(16)17)14-8-6-5-7-9-14/h5-11,19H,1-4H3. The molecule has 0 saturated carbocycles. The van der Waals surface area contributed by atoms with Crippen molar-refractivity contribution in [3.8, 4) is 11.1 Å². The zero-order valence-electron chi connectivity index (χ0n) is 12.9. The zero-order valence-corrected chi connectivity index (χ0v) is 12.9. The van der Waals surface area contributed by atoms with E-state index in [1.807, 2.05) is 35.8 Å². The Kier molecular flexibility index (Phi) is 3.37. The molecule has 0 fully saturated rings. The fourth-order valence-electron chi connectivity index (χ4n) is 2.45. The average molecular weight is 280 g/mol. The van der Waals surface area contributed by atoms with Crippen LogP contribution in [0, 0.1) is 13.8 Å². The summed E-state index contributed by atoms with van der Waals surface area (Å²) < 4.78 is 1.91. The number of rotatable bonds is 3. The molecular formula is C17H20N4. The molecule has 4 heteroatoms. The Morgan fingerprint density at radius 2 is 1.81 bits per heavy atom. The van der Waals surface area contributed by atoms with Gasteiger partial charge >= 0.3 is 0 Å². The number of hydrogen-bond donors (Lipinski definition) is 1. The second-order valence-electron chi connectivity index (χ2n) is 5.63. The van der Waals surface area contributed by atoms with Crippen molar-refractivity contribution in [1.29, 1.82) is 0 Å². The van der Waals surface area contributed by atoms with Gasteiger partial charge < -0.3 is 5.32 Å². The van der Waals surface area contributed by atoms with Crippen LogP contribution in [0.2, 0.25) is 0 Å². The molecule has 2 heterocycles. The van der Waals surface area contributed by atoms with Gasteiger partial charge in [0.25, 0.3) is 0 Å². The molecule has 0 aliphatic rings. The van der Waals surface area contributed by atoms with E-state index in [1.165, 1.54) is 0 Å². The van der Waals surface area contributed by atoms with Crippen LogP contribution >= 0.6 is 0 Å². The molecule has 0 atom stereocenters. The summed E-state index contributed by atoms with van der Waals surface area (Å²) in [5.41, 5.74) is 5.26. The molecule has 0 spiro atoms. The number of fused-ring (bicyclic) bond motifs is 1. The molecule has 0 amide bonds. The maximum absolute atomic E-state index is 4.74. The van der Waals surface area contributed by atoms with E-state index in [0.29, 0.717) is 6.04 Å². The lowest BCUT2D eigenvalue weighted by atomic mass is 10.1. The number of aryl methyl sites for hydroxylation is 1. The van der Waals surface area contributed by atoms with Gasteiger partial charge in [-0.1, -0.05) is 30.3 Å². The van der Waals surface area contributed by atoms with E-state index in [1.54, 1.807) is 0 Å². The van der Waals surface area contributed by atoms with E-state index in [0.717, 1.165) is 33.8 Å². The number of aromatic nitrogens is 3. The molecule has 0 bridgehead atoms. The fraction of sp³-hybridized carbons (Fsp3) is 0.294. The number of nitrogens with one attached hydrogen (secondary N) is 1. The van der Waals surface area contributed by atoms with Gasteiger partial charge in [0.05, 0.1) is 6.20 Å². The van der Waals surface area contributed by atoms with Crippen LogP contribution in [0.3, 0.4) is 0 Å². The minimum absolute atomic E-state index is 0.345. The molecule has 3 aromatic rings. The summed E-state index contributed by atoms with van der Waals surface area (Å²) in [5, 5.41) is 8.02. The number of anilines is 1. The van der Waals surface area contributed by atoms with E-state index >= 15 is 0 Å². The Morgan fingerprint density at radius 1 is 1.10 bits per heavy atom. The lowest BCUT2D eigenvalue weighted by Crippen LogP contribution is -2.16. The first-order chi connectivity index (χ1) is 10.1. The summed E-state index contributed by atoms with van der Waals surface area (Å²) in [7, 11) is 0. The van der Waals surface area contributed by atoms with E-state index in [4.69, 9.17) is 4.98 Å². The predicted octanol–water partition coefficient (Wildman–Crippen LogP) is 3.83. The Morgan fingerprint density at radius 3 is 2.48 bits per heavy atom. The van der Waals surface area contributed by atoms with Crippen LogP contribution in [0.4, 0.5) is 5.82 Å². The highest BCUT2D eigenvalue weighted by molar-refractivity contribution is 5.78. The lowest BCUT2D eigenvalue weighted by Gasteiger charge is -2.15. The smallest absolute Gasteiger partial charge is 0.165 e. The maximum Gasteiger partial charge on any atom is 0.165 e. The minimum Gasteiger partial charge on any atom is -0.368 e. The van der Waals surface area contributed by atoms with Crippen molar-refractivity contribution < 1.29 is 0 Å². The lowest BCUT2D eigenvalue weighted by molar-refractivity contribution is 0.840. The second-order valence-corrected chi connectivity index (χ2v) is 5.63. The summed E-state index contributed by atoms with van der Waals surface area (Å²) in [6, 6.07) is 10.6. The van der Waals surface area contributed by atoms with Crippen molar-refractivity contribution in [2.75, 3.05) is 5.32 Å². The van der Waals surface area contributed by atoms with E-state index in [9.17, 15) is 0 Å². The number of benzene rings is 1. The molecule has 21 heavy (non-hydrogen) atoms. The van der Waals surface area contributed by atoms with Crippen LogP contribution in [0.5, 0.6) is 0 Å². The molecule has 0 aliphatic carbocycles. The maximum atomic E-state index is 4.74. The summed E-state index contributed by atoms with van der Waals surface area (Å²) in [6.07, 6.45) is 1.89. The largest absolute Gasteiger partial charge is 0.368 e. The molecule has 0 saturated heterocycles. The zero-order chi connectivity index (χ0) is 15.0. The van der Waals surface area contributed by atoms with Crippen LogP contribution < -0.4 is 5.32 Å². The van der Waals surface area contributed by atoms with Crippen molar-refractivity contribution in [2.24, 2.45) is 0 Å². The Hall–Kier alpha value is -2.36. The Labute approximate surface area is 124 Å². The highest BCUT2D eigenvalue weighted by atomic mass is 15.3. The molecular weight excluding hydrogens is 260 g/mol. The molecule has 2 aromatic heterocycles. The highest BCUT2D eigenvalue weighted by Crippen LogP contribution is 2.27. The molecule has 1 aromatic carbocycles. The molecule has 0 radical (unpaired) electrons. The molecule has 1 N–H and O–H groups in total. The summed E-state index contributed by atoms with van der Waals surface area (Å²) in [4.78, 5) is 4.74. The SMILES string of the molecule is Cc1nc2c(-c3ccccc3)cnn2c(NC(C)C)c1C. The van der Waals surface area contributed by atoms with Crippen LogP contribution in [0.1, 0.15) is 25.1 Å². The molecule has 0 aliphatic heterocycles. The van der Waals surface area contributed by atoms with Gasteiger partial charge in [0.1, 0.15) is 5.82 Å². The van der Waals surface area contributed by atoms with Gasteiger partial charge in [-0.2, -0.15) is 9.61 Å².